The molecule has 0 bridgehead atoms. The number of carbonyl (C=O) groups is 1. The van der Waals surface area contributed by atoms with Crippen molar-refractivity contribution in [1.29, 1.82) is 0 Å². The molecule has 1 N–H and O–H groups in total. The molecule has 0 radical (unpaired) electrons. The number of nitrogens with one attached hydrogen (secondary N) is 1. The molecule has 6 heteroatoms. The second kappa shape index (κ2) is 5.95. The maximum Gasteiger partial charge on any atom is 0.407 e. The van der Waals surface area contributed by atoms with Crippen LogP contribution in [0.4, 0.5) is 4.79 Å². The van der Waals surface area contributed by atoms with E-state index in [2.05, 4.69) is 14.9 Å². The fourth-order valence-electron chi connectivity index (χ4n) is 1.20. The van der Waals surface area contributed by atoms with Crippen LogP contribution in [0.3, 0.4) is 0 Å². The van der Waals surface area contributed by atoms with Crippen molar-refractivity contribution < 1.29 is 9.53 Å². The lowest BCUT2D eigenvalue weighted by Crippen LogP contribution is -2.23. The predicted octanol–water partition coefficient (Wildman–Crippen LogP) is 1.96. The molecule has 0 fully saturated rings. The number of nitrogens with zero attached hydrogens (tertiary/aromatic N) is 2. The monoisotopic (exact) mass is 249 g/mol. The van der Waals surface area contributed by atoms with Crippen molar-refractivity contribution in [1.82, 2.24) is 14.9 Å². The van der Waals surface area contributed by atoms with Crippen LogP contribution in [-0.4, -0.2) is 15.7 Å². The summed E-state index contributed by atoms with van der Waals surface area (Å²) in [6.07, 6.45) is 1.17. The summed E-state index contributed by atoms with van der Waals surface area (Å²) in [6.45, 7) is 0.666. The van der Waals surface area contributed by atoms with Gasteiger partial charge in [-0.3, -0.25) is 0 Å². The number of alkyl carbamates (subject to hydrolysis) is 1. The van der Waals surface area contributed by atoms with Crippen molar-refractivity contribution in [3.63, 3.8) is 0 Å². The fraction of sp³-hybridized carbons (Fsp3) is 0.182. The summed E-state index contributed by atoms with van der Waals surface area (Å²) in [5.74, 6) is 0. The van der Waals surface area contributed by atoms with Gasteiger partial charge in [-0.25, -0.2) is 4.79 Å². The van der Waals surface area contributed by atoms with E-state index in [1.807, 2.05) is 30.3 Å². The van der Waals surface area contributed by atoms with Crippen LogP contribution in [0.5, 0.6) is 0 Å². The number of carbonyl (C=O) groups excluding carboxylic acids is 1. The first-order chi connectivity index (χ1) is 8.34. The fourth-order valence-corrected chi connectivity index (χ4v) is 1.63. The number of aromatic nitrogens is 2. The quantitative estimate of drug-likeness (QED) is 0.899. The molecule has 0 aliphatic rings. The van der Waals surface area contributed by atoms with Crippen LogP contribution < -0.4 is 5.32 Å². The van der Waals surface area contributed by atoms with E-state index in [1.165, 1.54) is 11.5 Å². The summed E-state index contributed by atoms with van der Waals surface area (Å²) in [5, 5.41) is 6.29. The van der Waals surface area contributed by atoms with Crippen molar-refractivity contribution in [3.8, 4) is 0 Å². The molecule has 88 valence electrons. The Morgan fingerprint density at radius 3 is 2.88 bits per heavy atom. The van der Waals surface area contributed by atoms with Gasteiger partial charge in [0.1, 0.15) is 6.61 Å². The Morgan fingerprint density at radius 2 is 2.18 bits per heavy atom. The first-order valence-electron chi connectivity index (χ1n) is 5.05. The molecule has 1 aromatic carbocycles. The molecule has 0 atom stereocenters. The van der Waals surface area contributed by atoms with E-state index in [9.17, 15) is 4.79 Å². The van der Waals surface area contributed by atoms with Crippen LogP contribution in [0.2, 0.25) is 0 Å². The summed E-state index contributed by atoms with van der Waals surface area (Å²) in [5.41, 5.74) is 0.960. The van der Waals surface area contributed by atoms with E-state index >= 15 is 0 Å². The van der Waals surface area contributed by atoms with Gasteiger partial charge in [0.15, 0.2) is 0 Å². The molecule has 1 heterocycles. The molecule has 0 aliphatic heterocycles. The zero-order valence-corrected chi connectivity index (χ0v) is 9.81. The lowest BCUT2D eigenvalue weighted by molar-refractivity contribution is 0.139. The standard InChI is InChI=1S/C11H11N3O2S/c15-11(12-6-10-7-13-14-17-10)16-8-9-4-2-1-3-5-9/h1-5,7H,6,8H2,(H,12,15). The SMILES string of the molecule is O=C(NCc1cnns1)OCc1ccccc1. The van der Waals surface area contributed by atoms with E-state index in [1.54, 1.807) is 6.20 Å². The minimum Gasteiger partial charge on any atom is -0.445 e. The molecule has 0 aliphatic carbocycles. The molecule has 0 saturated heterocycles. The Bertz CT molecular complexity index is 459. The molecule has 2 aromatic rings. The molecular formula is C11H11N3O2S. The highest BCUT2D eigenvalue weighted by Gasteiger charge is 2.03. The Morgan fingerprint density at radius 1 is 1.35 bits per heavy atom. The number of benzene rings is 1. The summed E-state index contributed by atoms with van der Waals surface area (Å²) >= 11 is 1.25. The third-order valence-electron chi connectivity index (χ3n) is 2.03. The van der Waals surface area contributed by atoms with Crippen molar-refractivity contribution >= 4 is 17.6 Å². The van der Waals surface area contributed by atoms with E-state index in [-0.39, 0.29) is 6.61 Å². The molecular weight excluding hydrogens is 238 g/mol. The second-order valence-electron chi connectivity index (χ2n) is 3.30. The van der Waals surface area contributed by atoms with Gasteiger partial charge in [0.05, 0.1) is 17.6 Å². The van der Waals surface area contributed by atoms with E-state index in [4.69, 9.17) is 4.74 Å². The second-order valence-corrected chi connectivity index (χ2v) is 4.17. The van der Waals surface area contributed by atoms with E-state index < -0.39 is 6.09 Å². The summed E-state index contributed by atoms with van der Waals surface area (Å²) in [7, 11) is 0. The van der Waals surface area contributed by atoms with Crippen molar-refractivity contribution in [2.24, 2.45) is 0 Å². The molecule has 0 spiro atoms. The maximum absolute atomic E-state index is 11.3. The van der Waals surface area contributed by atoms with Gasteiger partial charge in [0, 0.05) is 0 Å². The number of hydrogen-bond donors (Lipinski definition) is 1. The van der Waals surface area contributed by atoms with Gasteiger partial charge >= 0.3 is 6.09 Å². The minimum atomic E-state index is -0.442. The van der Waals surface area contributed by atoms with E-state index in [0.717, 1.165) is 10.4 Å². The van der Waals surface area contributed by atoms with Gasteiger partial charge < -0.3 is 10.1 Å². The lowest BCUT2D eigenvalue weighted by atomic mass is 10.2. The molecule has 0 unspecified atom stereocenters. The van der Waals surface area contributed by atoms with Gasteiger partial charge in [0.2, 0.25) is 0 Å². The zero-order chi connectivity index (χ0) is 11.9. The number of ether oxygens (including phenoxy) is 1. The molecule has 17 heavy (non-hydrogen) atoms. The Kier molecular flexibility index (Phi) is 4.04. The smallest absolute Gasteiger partial charge is 0.407 e. The zero-order valence-electron chi connectivity index (χ0n) is 9.00. The highest BCUT2D eigenvalue weighted by Crippen LogP contribution is 2.02. The van der Waals surface area contributed by atoms with Gasteiger partial charge in [-0.15, -0.1) is 5.10 Å². The number of amides is 1. The van der Waals surface area contributed by atoms with Crippen LogP contribution in [-0.2, 0) is 17.9 Å². The number of rotatable bonds is 4. The third-order valence-corrected chi connectivity index (χ3v) is 2.69. The Balaban J connectivity index is 1.71. The van der Waals surface area contributed by atoms with Crippen molar-refractivity contribution in [3.05, 3.63) is 47.0 Å². The molecule has 1 aromatic heterocycles. The van der Waals surface area contributed by atoms with E-state index in [0.29, 0.717) is 6.54 Å². The molecule has 1 amide bonds. The molecule has 5 nitrogen and oxygen atoms in total. The minimum absolute atomic E-state index is 0.271. The third kappa shape index (κ3) is 3.84. The summed E-state index contributed by atoms with van der Waals surface area (Å²) in [6, 6.07) is 9.53. The Hall–Kier alpha value is -1.95. The van der Waals surface area contributed by atoms with Crippen molar-refractivity contribution in [2.45, 2.75) is 13.2 Å². The first kappa shape index (κ1) is 11.5. The number of hydrogen-bond acceptors (Lipinski definition) is 5. The highest BCUT2D eigenvalue weighted by molar-refractivity contribution is 7.05. The topological polar surface area (TPSA) is 64.1 Å². The van der Waals surface area contributed by atoms with Crippen LogP contribution in [0.15, 0.2) is 36.5 Å². The predicted molar refractivity (Wildman–Crippen MR) is 63.4 cm³/mol. The Labute approximate surface area is 103 Å². The van der Waals surface area contributed by atoms with Gasteiger partial charge in [-0.05, 0) is 17.1 Å². The largest absolute Gasteiger partial charge is 0.445 e. The van der Waals surface area contributed by atoms with Crippen LogP contribution in [0, 0.1) is 0 Å². The molecule has 0 saturated carbocycles. The highest BCUT2D eigenvalue weighted by atomic mass is 32.1. The lowest BCUT2D eigenvalue weighted by Gasteiger charge is -2.05. The first-order valence-corrected chi connectivity index (χ1v) is 5.83. The van der Waals surface area contributed by atoms with Gasteiger partial charge in [-0.1, -0.05) is 34.8 Å². The van der Waals surface area contributed by atoms with Gasteiger partial charge in [-0.2, -0.15) is 0 Å². The average Bonchev–Trinajstić information content (AvgIpc) is 2.88. The van der Waals surface area contributed by atoms with Crippen LogP contribution >= 0.6 is 11.5 Å². The van der Waals surface area contributed by atoms with Gasteiger partial charge in [0.25, 0.3) is 0 Å². The van der Waals surface area contributed by atoms with Crippen LogP contribution in [0.25, 0.3) is 0 Å². The normalized spacial score (nSPS) is 9.88. The van der Waals surface area contributed by atoms with Crippen molar-refractivity contribution in [2.75, 3.05) is 0 Å². The molecule has 2 rings (SSSR count). The average molecular weight is 249 g/mol. The maximum atomic E-state index is 11.3. The summed E-state index contributed by atoms with van der Waals surface area (Å²) < 4.78 is 8.73. The summed E-state index contributed by atoms with van der Waals surface area (Å²) in [4.78, 5) is 12.2. The van der Waals surface area contributed by atoms with Crippen LogP contribution in [0.1, 0.15) is 10.4 Å².